The highest BCUT2D eigenvalue weighted by molar-refractivity contribution is 14.1. The first-order chi connectivity index (χ1) is 43.6. The number of aromatic carboxylic acids is 1. The number of hydrogen-bond donors (Lipinski definition) is 7. The number of aryl methyl sites for hydroxylation is 1. The Bertz CT molecular complexity index is 4590. The van der Waals surface area contributed by atoms with Crippen LogP contribution < -0.4 is 25.4 Å². The highest BCUT2D eigenvalue weighted by atomic mass is 127. The summed E-state index contributed by atoms with van der Waals surface area (Å²) in [4.78, 5) is 63.5. The molecule has 0 saturated heterocycles. The Morgan fingerprint density at radius 2 is 1.06 bits per heavy atom. The van der Waals surface area contributed by atoms with Gasteiger partial charge < -0.3 is 30.5 Å². The number of aromatic nitrogens is 12. The number of ether oxygens (including phenoxy) is 2. The highest BCUT2D eigenvalue weighted by Gasteiger charge is 2.27. The smallest absolute Gasteiger partial charge is 0.354 e. The van der Waals surface area contributed by atoms with Crippen LogP contribution in [0.1, 0.15) is 114 Å². The maximum atomic E-state index is 14.3. The summed E-state index contributed by atoms with van der Waals surface area (Å²) in [6.45, 7) is 0. The summed E-state index contributed by atoms with van der Waals surface area (Å²) in [6.07, 6.45) is 23.3. The molecule has 0 unspecified atom stereocenters. The molecule has 14 rings (SSSR count). The molecule has 3 amide bonds. The molecule has 26 heteroatoms. The van der Waals surface area contributed by atoms with Gasteiger partial charge in [0.25, 0.3) is 17.7 Å². The van der Waals surface area contributed by atoms with Crippen LogP contribution in [0.25, 0.3) is 80.1 Å². The van der Waals surface area contributed by atoms with E-state index >= 15 is 0 Å². The minimum atomic E-state index is -1.02. The molecule has 3 fully saturated rings. The fourth-order valence-corrected chi connectivity index (χ4v) is 9.78. The van der Waals surface area contributed by atoms with E-state index in [1.54, 1.807) is 93.1 Å². The van der Waals surface area contributed by atoms with Gasteiger partial charge in [-0.05, 0) is 163 Å². The Kier molecular flexibility index (Phi) is 18.4. The number of benzene rings is 3. The predicted molar refractivity (Wildman–Crippen MR) is 340 cm³/mol. The summed E-state index contributed by atoms with van der Waals surface area (Å²) in [5.74, 6) is -2.32. The average Bonchev–Trinajstić information content (AvgIpc) is 2.42. The van der Waals surface area contributed by atoms with E-state index in [0.717, 1.165) is 64.3 Å². The van der Waals surface area contributed by atoms with E-state index in [2.05, 4.69) is 94.2 Å². The molecule has 8 aromatic heterocycles. The molecular weight excluding hydrogens is 1270 g/mol. The standard InChI is InChI=1S/2C19H17FN4O2.C18H15FN4O.C8H6IN3O2/c1-26-17-7-3-11(10-21-17)2-6-16-14-8-12(19(25)22-13-4-5-13)9-15(20)18(14)24-23-16;1-26-17-4-2-3-12(21-17)7-8-16-14-9-11(19(25)22-13-5-6-13)10-15(20)18(14)24-23-16;19-15-10-12(18(24)21-13-2-3-13)9-14-16(22-23-17(14)15)4-1-11-5-7-20-8-6-11;1-12-6-3-10-5(8(13)14)2-4(6)7(9)11-12/h2-3,6-10,13H,4-5H2,1H3,(H,22,25)(H,23,24);2-4,7-10,13H,5-6H2,1H3,(H,22,25)(H,23,24);1,4-10,13H,2-3H2,(H,21,24)(H,22,23);2-3H,1H3,(H,13,14)/b6-2+;8-7+;4-1+;. The molecule has 7 N–H and O–H groups in total. The van der Waals surface area contributed by atoms with Crippen LogP contribution in [-0.4, -0.2) is 121 Å². The Balaban J connectivity index is 0.000000126. The highest BCUT2D eigenvalue weighted by Crippen LogP contribution is 2.29. The zero-order valence-electron chi connectivity index (χ0n) is 48.3. The van der Waals surface area contributed by atoms with Crippen molar-refractivity contribution < 1.29 is 46.9 Å². The van der Waals surface area contributed by atoms with E-state index in [0.29, 0.717) is 61.8 Å². The van der Waals surface area contributed by atoms with Crippen molar-refractivity contribution >= 4 is 126 Å². The third-order valence-corrected chi connectivity index (χ3v) is 15.1. The van der Waals surface area contributed by atoms with Crippen molar-refractivity contribution in [3.05, 3.63) is 187 Å². The topological polar surface area (TPSA) is 298 Å². The lowest BCUT2D eigenvalue weighted by molar-refractivity contribution is 0.0689. The first-order valence-corrected chi connectivity index (χ1v) is 29.3. The van der Waals surface area contributed by atoms with E-state index < -0.39 is 23.4 Å². The van der Waals surface area contributed by atoms with Gasteiger partial charge in [0.05, 0.1) is 48.7 Å². The van der Waals surface area contributed by atoms with E-state index in [1.807, 2.05) is 48.6 Å². The molecule has 3 aliphatic rings. The van der Waals surface area contributed by atoms with Crippen LogP contribution in [0.3, 0.4) is 0 Å². The number of aromatic amines is 3. The van der Waals surface area contributed by atoms with Gasteiger partial charge in [-0.1, -0.05) is 18.2 Å². The van der Waals surface area contributed by atoms with Crippen molar-refractivity contribution in [3.63, 3.8) is 0 Å². The average molecular weight is 1330 g/mol. The monoisotopic (exact) mass is 1330 g/mol. The van der Waals surface area contributed by atoms with Gasteiger partial charge in [-0.3, -0.25) is 39.3 Å². The van der Waals surface area contributed by atoms with E-state index in [-0.39, 0.29) is 63.7 Å². The third-order valence-electron chi connectivity index (χ3n) is 14.3. The van der Waals surface area contributed by atoms with Gasteiger partial charge in [0, 0.05) is 94.1 Å². The number of carbonyl (C=O) groups excluding carboxylic acids is 3. The van der Waals surface area contributed by atoms with Crippen molar-refractivity contribution in [2.24, 2.45) is 7.05 Å². The number of rotatable bonds is 15. The van der Waals surface area contributed by atoms with Gasteiger partial charge in [0.1, 0.15) is 25.9 Å². The largest absolute Gasteiger partial charge is 0.481 e. The number of nitrogens with zero attached hydrogens (tertiary/aromatic N) is 9. The minimum absolute atomic E-state index is 0.0448. The fraction of sp³-hybridized carbons (Fsp3) is 0.188. The fourth-order valence-electron chi connectivity index (χ4n) is 9.03. The van der Waals surface area contributed by atoms with Gasteiger partial charge in [0.15, 0.2) is 17.5 Å². The summed E-state index contributed by atoms with van der Waals surface area (Å²) in [6, 6.07) is 23.6. The van der Waals surface area contributed by atoms with Gasteiger partial charge in [-0.25, -0.2) is 32.9 Å². The van der Waals surface area contributed by atoms with Gasteiger partial charge >= 0.3 is 5.97 Å². The van der Waals surface area contributed by atoms with Crippen molar-refractivity contribution in [1.82, 2.24) is 76.3 Å². The van der Waals surface area contributed by atoms with E-state index in [9.17, 15) is 32.3 Å². The maximum absolute atomic E-state index is 14.3. The molecule has 0 bridgehead atoms. The molecule has 0 radical (unpaired) electrons. The second kappa shape index (κ2) is 27.2. The minimum Gasteiger partial charge on any atom is -0.481 e. The van der Waals surface area contributed by atoms with Crippen LogP contribution in [-0.2, 0) is 7.05 Å². The van der Waals surface area contributed by atoms with Crippen molar-refractivity contribution in [1.29, 1.82) is 0 Å². The number of pyridine rings is 4. The number of H-pyrrole nitrogens is 3. The van der Waals surface area contributed by atoms with Crippen molar-refractivity contribution in [2.75, 3.05) is 14.2 Å². The summed E-state index contributed by atoms with van der Waals surface area (Å²) >= 11 is 2.07. The Morgan fingerprint density at radius 1 is 0.578 bits per heavy atom. The third kappa shape index (κ3) is 15.0. The number of amides is 3. The molecule has 22 nitrogen and oxygen atoms in total. The van der Waals surface area contributed by atoms with Gasteiger partial charge in [-0.2, -0.15) is 20.4 Å². The van der Waals surface area contributed by atoms with Crippen LogP contribution in [0.4, 0.5) is 13.2 Å². The molecule has 3 aromatic carbocycles. The second-order valence-electron chi connectivity index (χ2n) is 21.0. The van der Waals surface area contributed by atoms with E-state index in [4.69, 9.17) is 14.6 Å². The first kappa shape index (κ1) is 61.0. The summed E-state index contributed by atoms with van der Waals surface area (Å²) in [7, 11) is 4.90. The lowest BCUT2D eigenvalue weighted by Crippen LogP contribution is -2.25. The lowest BCUT2D eigenvalue weighted by Gasteiger charge is -2.04. The van der Waals surface area contributed by atoms with Crippen LogP contribution in [0.2, 0.25) is 0 Å². The zero-order valence-corrected chi connectivity index (χ0v) is 50.4. The SMILES string of the molecule is COc1ccc(/C=C/c2[nH]nc3c(F)cc(C(=O)NC4CC4)cc23)cn1.COc1cccc(/C=C/c2[nH]nc3c(F)cc(C(=O)NC4CC4)cc23)n1.Cn1nc(I)c2cc(C(=O)O)ncc21.O=C(NC1CC1)c1cc(F)c2n[nH]c(/C=C/c3ccncc3)c2c1. The maximum Gasteiger partial charge on any atom is 0.354 e. The van der Waals surface area contributed by atoms with Crippen LogP contribution >= 0.6 is 22.6 Å². The molecule has 3 saturated carbocycles. The van der Waals surface area contributed by atoms with Crippen LogP contribution in [0.5, 0.6) is 11.8 Å². The molecule has 0 atom stereocenters. The number of fused-ring (bicyclic) bond motifs is 4. The predicted octanol–water partition coefficient (Wildman–Crippen LogP) is 10.8. The normalized spacial score (nSPS) is 13.6. The number of methoxy groups -OCH3 is 2. The summed E-state index contributed by atoms with van der Waals surface area (Å²) in [5.41, 5.74) is 6.81. The molecule has 8 heterocycles. The van der Waals surface area contributed by atoms with Crippen molar-refractivity contribution in [2.45, 2.75) is 56.7 Å². The van der Waals surface area contributed by atoms with Crippen LogP contribution in [0, 0.1) is 21.2 Å². The second-order valence-corrected chi connectivity index (χ2v) is 22.1. The molecule has 456 valence electrons. The molecule has 90 heavy (non-hydrogen) atoms. The Morgan fingerprint density at radius 3 is 1.50 bits per heavy atom. The summed E-state index contributed by atoms with van der Waals surface area (Å²) in [5, 5.41) is 44.5. The lowest BCUT2D eigenvalue weighted by atomic mass is 10.1. The van der Waals surface area contributed by atoms with E-state index in [1.165, 1.54) is 30.5 Å². The molecule has 3 aliphatic carbocycles. The van der Waals surface area contributed by atoms with Crippen LogP contribution in [0.15, 0.2) is 110 Å². The number of carboxylic acids is 1. The molecule has 0 spiro atoms. The zero-order chi connectivity index (χ0) is 63.0. The quantitative estimate of drug-likeness (QED) is 0.0470. The number of hydrogen-bond acceptors (Lipinski definition) is 14. The molecule has 11 aromatic rings. The number of carboxylic acid groups (broad SMARTS) is 1. The molecular formula is C64H55F3IN15O7. The Labute approximate surface area is 523 Å². The first-order valence-electron chi connectivity index (χ1n) is 28.2. The van der Waals surface area contributed by atoms with Gasteiger partial charge in [0.2, 0.25) is 11.8 Å². The number of halogens is 4. The summed E-state index contributed by atoms with van der Waals surface area (Å²) < 4.78 is 55.5. The number of carbonyl (C=O) groups is 4. The van der Waals surface area contributed by atoms with Crippen molar-refractivity contribution in [3.8, 4) is 11.8 Å². The Hall–Kier alpha value is -10.6. The number of nitrogens with one attached hydrogen (secondary N) is 6. The van der Waals surface area contributed by atoms with Gasteiger partial charge in [-0.15, -0.1) is 0 Å². The molecule has 0 aliphatic heterocycles.